The Labute approximate surface area is 75.0 Å². The van der Waals surface area contributed by atoms with E-state index in [9.17, 15) is 9.59 Å². The van der Waals surface area contributed by atoms with Gasteiger partial charge in [-0.25, -0.2) is 0 Å². The van der Waals surface area contributed by atoms with Gasteiger partial charge in [-0.15, -0.1) is 20.4 Å². The topological polar surface area (TPSA) is 111 Å². The highest BCUT2D eigenvalue weighted by molar-refractivity contribution is 5.75. The minimum Gasteiger partial charge on any atom is -0.283 e. The quantitative estimate of drug-likeness (QED) is 0.367. The van der Waals surface area contributed by atoms with Crippen LogP contribution < -0.4 is 10.9 Å². The van der Waals surface area contributed by atoms with Gasteiger partial charge in [-0.05, 0) is 10.4 Å². The van der Waals surface area contributed by atoms with Crippen LogP contribution in [0.25, 0.3) is 22.8 Å². The lowest BCUT2D eigenvalue weighted by Crippen LogP contribution is -2.28. The van der Waals surface area contributed by atoms with Crippen LogP contribution in [0.15, 0.2) is 9.59 Å². The first-order valence-corrected chi connectivity index (χ1v) is 3.60. The Balaban J connectivity index is 2.67. The number of nitrogens with zero attached hydrogens (tertiary/aromatic N) is 6. The van der Waals surface area contributed by atoms with Gasteiger partial charge in [0.1, 0.15) is 11.4 Å². The Morgan fingerprint density at radius 1 is 0.571 bits per heavy atom. The standard InChI is InChI=1S/C6N6O2/c13-5-3-1(7-11-9-3)2-4(6(5)14)10-12-8-2. The minimum atomic E-state index is -0.764. The fourth-order valence-electron chi connectivity index (χ4n) is 1.25. The number of aromatic nitrogens is 6. The van der Waals surface area contributed by atoms with Crippen molar-refractivity contribution in [2.45, 2.75) is 0 Å². The van der Waals surface area contributed by atoms with Gasteiger partial charge in [0.2, 0.25) is 0 Å². The zero-order chi connectivity index (χ0) is 9.71. The third-order valence-electron chi connectivity index (χ3n) is 1.89. The number of rotatable bonds is 0. The molecule has 0 spiro atoms. The van der Waals surface area contributed by atoms with Crippen LogP contribution in [0.5, 0.6) is 0 Å². The molecule has 8 heteroatoms. The van der Waals surface area contributed by atoms with Crippen molar-refractivity contribution in [3.05, 3.63) is 20.4 Å². The molecule has 0 saturated carbocycles. The molecule has 0 bridgehead atoms. The van der Waals surface area contributed by atoms with E-state index in [4.69, 9.17) is 0 Å². The zero-order valence-electron chi connectivity index (χ0n) is 6.50. The first-order valence-electron chi connectivity index (χ1n) is 3.60. The third kappa shape index (κ3) is 0.632. The van der Waals surface area contributed by atoms with Crippen LogP contribution in [0.1, 0.15) is 0 Å². The van der Waals surface area contributed by atoms with Gasteiger partial charge < -0.3 is 0 Å². The first-order chi connectivity index (χ1) is 6.79. The summed E-state index contributed by atoms with van der Waals surface area (Å²) < 4.78 is 0. The van der Waals surface area contributed by atoms with Crippen LogP contribution in [0.4, 0.5) is 0 Å². The van der Waals surface area contributed by atoms with E-state index in [1.807, 2.05) is 0 Å². The average Bonchev–Trinajstić information content (AvgIpc) is 2.80. The second-order valence-corrected chi connectivity index (χ2v) is 2.63. The van der Waals surface area contributed by atoms with Crippen LogP contribution in [0.3, 0.4) is 0 Å². The highest BCUT2D eigenvalue weighted by atomic mass is 16.2. The first kappa shape index (κ1) is 7.06. The Hall–Kier alpha value is -2.38. The van der Waals surface area contributed by atoms with Crippen molar-refractivity contribution in [1.29, 1.82) is 0 Å². The van der Waals surface area contributed by atoms with Crippen molar-refractivity contribution in [2.75, 3.05) is 0 Å². The lowest BCUT2D eigenvalue weighted by molar-refractivity contribution is 0.941. The molecule has 0 amide bonds. The van der Waals surface area contributed by atoms with Crippen LogP contribution >= 0.6 is 0 Å². The molecule has 3 aliphatic rings. The summed E-state index contributed by atoms with van der Waals surface area (Å²) in [5.41, 5.74) is -1.33. The van der Waals surface area contributed by atoms with Crippen molar-refractivity contribution in [3.63, 3.8) is 0 Å². The molecular weight excluding hydrogens is 188 g/mol. The van der Waals surface area contributed by atoms with Crippen LogP contribution in [0.2, 0.25) is 0 Å². The van der Waals surface area contributed by atoms with E-state index in [1.165, 1.54) is 0 Å². The Kier molecular flexibility index (Phi) is 1.06. The third-order valence-corrected chi connectivity index (χ3v) is 1.89. The highest BCUT2D eigenvalue weighted by Crippen LogP contribution is 2.22. The molecule has 0 atom stereocenters. The molecule has 0 aromatic heterocycles. The minimum absolute atomic E-state index is 0.0789. The average molecular weight is 188 g/mol. The largest absolute Gasteiger partial charge is 0.283 e. The molecule has 0 saturated heterocycles. The van der Waals surface area contributed by atoms with E-state index in [0.717, 1.165) is 0 Å². The van der Waals surface area contributed by atoms with Gasteiger partial charge in [0.15, 0.2) is 11.4 Å². The van der Waals surface area contributed by atoms with Gasteiger partial charge in [0, 0.05) is 0 Å². The predicted octanol–water partition coefficient (Wildman–Crippen LogP) is -2.14. The molecule has 2 aliphatic heterocycles. The van der Waals surface area contributed by atoms with E-state index in [1.54, 1.807) is 0 Å². The van der Waals surface area contributed by atoms with Crippen molar-refractivity contribution >= 4 is 0 Å². The summed E-state index contributed by atoms with van der Waals surface area (Å²) >= 11 is 0. The maximum Gasteiger partial charge on any atom is 0.257 e. The molecule has 0 radical (unpaired) electrons. The van der Waals surface area contributed by atoms with Crippen molar-refractivity contribution in [3.8, 4) is 22.8 Å². The summed E-state index contributed by atoms with van der Waals surface area (Å²) in [5, 5.41) is 20.6. The van der Waals surface area contributed by atoms with E-state index >= 15 is 0 Å². The monoisotopic (exact) mass is 188 g/mol. The molecule has 0 N–H and O–H groups in total. The van der Waals surface area contributed by atoms with E-state index in [0.29, 0.717) is 0 Å². The van der Waals surface area contributed by atoms with Crippen LogP contribution in [-0.2, 0) is 0 Å². The van der Waals surface area contributed by atoms with Gasteiger partial charge in [0.25, 0.3) is 10.9 Å². The summed E-state index contributed by atoms with van der Waals surface area (Å²) in [5.74, 6) is 0. The van der Waals surface area contributed by atoms with Crippen LogP contribution in [0, 0.1) is 0 Å². The Bertz CT molecular complexity index is 585. The molecule has 2 heterocycles. The molecule has 66 valence electrons. The summed E-state index contributed by atoms with van der Waals surface area (Å²) in [6.07, 6.45) is 0. The SMILES string of the molecule is O=c1c2nnnc-2c2nnnc-2c1=O. The number of hydrogen-bond donors (Lipinski definition) is 0. The number of fused-ring (bicyclic) bond motifs is 3. The van der Waals surface area contributed by atoms with Crippen molar-refractivity contribution in [1.82, 2.24) is 30.8 Å². The highest BCUT2D eigenvalue weighted by Gasteiger charge is 2.28. The van der Waals surface area contributed by atoms with Gasteiger partial charge in [0.05, 0.1) is 0 Å². The van der Waals surface area contributed by atoms with Gasteiger partial charge in [-0.1, -0.05) is 0 Å². The van der Waals surface area contributed by atoms with E-state index in [2.05, 4.69) is 30.8 Å². The molecule has 0 aromatic carbocycles. The van der Waals surface area contributed by atoms with Crippen molar-refractivity contribution in [2.24, 2.45) is 0 Å². The van der Waals surface area contributed by atoms with Crippen LogP contribution in [-0.4, -0.2) is 30.8 Å². The van der Waals surface area contributed by atoms with Crippen molar-refractivity contribution < 1.29 is 0 Å². The molecule has 14 heavy (non-hydrogen) atoms. The number of benzene rings is 1. The van der Waals surface area contributed by atoms with E-state index < -0.39 is 10.9 Å². The molecule has 0 unspecified atom stereocenters. The van der Waals surface area contributed by atoms with Gasteiger partial charge in [-0.2, -0.15) is 0 Å². The van der Waals surface area contributed by atoms with E-state index in [-0.39, 0.29) is 22.8 Å². The predicted molar refractivity (Wildman–Crippen MR) is 41.4 cm³/mol. The fraction of sp³-hybridized carbons (Fsp3) is 0. The summed E-state index contributed by atoms with van der Waals surface area (Å²) in [4.78, 5) is 22.7. The number of hydrogen-bond acceptors (Lipinski definition) is 8. The molecule has 0 aromatic rings. The fourth-order valence-corrected chi connectivity index (χ4v) is 1.25. The molecule has 8 nitrogen and oxygen atoms in total. The summed E-state index contributed by atoms with van der Waals surface area (Å²) in [6, 6.07) is 0. The maximum absolute atomic E-state index is 11.4. The molecule has 1 aliphatic carbocycles. The summed E-state index contributed by atoms with van der Waals surface area (Å²) in [6.45, 7) is 0. The molecular formula is C6N6O2. The van der Waals surface area contributed by atoms with Gasteiger partial charge in [-0.3, -0.25) is 9.59 Å². The summed E-state index contributed by atoms with van der Waals surface area (Å²) in [7, 11) is 0. The Morgan fingerprint density at radius 2 is 0.929 bits per heavy atom. The molecule has 3 rings (SSSR count). The molecule has 0 fully saturated rings. The Morgan fingerprint density at radius 3 is 1.36 bits per heavy atom. The zero-order valence-corrected chi connectivity index (χ0v) is 6.50. The lowest BCUT2D eigenvalue weighted by Gasteiger charge is -1.93. The smallest absolute Gasteiger partial charge is 0.257 e. The second kappa shape index (κ2) is 2.10. The maximum atomic E-state index is 11.4. The second-order valence-electron chi connectivity index (χ2n) is 2.63. The normalized spacial score (nSPS) is 11.4. The van der Waals surface area contributed by atoms with Gasteiger partial charge >= 0.3 is 0 Å². The lowest BCUT2D eigenvalue weighted by atomic mass is 10.1.